The lowest BCUT2D eigenvalue weighted by atomic mass is 10.2. The summed E-state index contributed by atoms with van der Waals surface area (Å²) >= 11 is 0. The molecule has 0 spiro atoms. The van der Waals surface area contributed by atoms with Crippen molar-refractivity contribution in [3.8, 4) is 0 Å². The molecule has 2 aromatic heterocycles. The first-order valence-corrected chi connectivity index (χ1v) is 5.11. The average molecular weight is 262 g/mol. The van der Waals surface area contributed by atoms with E-state index in [0.717, 1.165) is 6.07 Å². The molecule has 96 valence electrons. The van der Waals surface area contributed by atoms with Gasteiger partial charge in [-0.3, -0.25) is 24.4 Å². The molecular weight excluding hydrogens is 256 g/mol. The minimum Gasteiger partial charge on any atom is -0.315 e. The van der Waals surface area contributed by atoms with Crippen molar-refractivity contribution in [2.75, 3.05) is 0 Å². The molecule has 0 aliphatic carbocycles. The molecule has 3 aromatic rings. The number of hydrogen-bond acceptors (Lipinski definition) is 6. The third-order valence-electron chi connectivity index (χ3n) is 2.73. The van der Waals surface area contributed by atoms with Crippen LogP contribution in [0.1, 0.15) is 0 Å². The molecule has 0 unspecified atom stereocenters. The molecule has 0 saturated heterocycles. The minimum absolute atomic E-state index is 0.0934. The van der Waals surface area contributed by atoms with Crippen LogP contribution in [-0.2, 0) is 7.05 Å². The first kappa shape index (κ1) is 11.1. The molecule has 0 radical (unpaired) electrons. The van der Waals surface area contributed by atoms with E-state index in [4.69, 9.17) is 0 Å². The van der Waals surface area contributed by atoms with Crippen LogP contribution in [0, 0.1) is 10.1 Å². The summed E-state index contributed by atoms with van der Waals surface area (Å²) in [4.78, 5) is 38.8. The lowest BCUT2D eigenvalue weighted by Gasteiger charge is -1.99. The average Bonchev–Trinajstić information content (AvgIpc) is 2.73. The van der Waals surface area contributed by atoms with E-state index in [2.05, 4.69) is 20.3 Å². The van der Waals surface area contributed by atoms with Crippen molar-refractivity contribution >= 4 is 27.8 Å². The summed E-state index contributed by atoms with van der Waals surface area (Å²) in [5.74, 6) is 0. The third-order valence-corrected chi connectivity index (χ3v) is 2.73. The largest absolute Gasteiger partial charge is 0.336 e. The van der Waals surface area contributed by atoms with Crippen molar-refractivity contribution in [2.24, 2.45) is 7.05 Å². The summed E-state index contributed by atoms with van der Waals surface area (Å²) in [6.45, 7) is 0. The lowest BCUT2D eigenvalue weighted by molar-refractivity contribution is -0.383. The maximum atomic E-state index is 11.3. The van der Waals surface area contributed by atoms with Gasteiger partial charge in [-0.15, -0.1) is 0 Å². The fourth-order valence-corrected chi connectivity index (χ4v) is 1.92. The van der Waals surface area contributed by atoms with Gasteiger partial charge in [-0.25, -0.2) is 10.2 Å². The standard InChI is InChI=1S/C9H6N6O4/c1-14-7-4(15(18)19)2-3-5(6(7)12-13-14)11-9(17)8(16)10-3/h2,13H,1H3,(H,10,16). The molecule has 0 aliphatic rings. The quantitative estimate of drug-likeness (QED) is 0.341. The van der Waals surface area contributed by atoms with Crippen molar-refractivity contribution in [2.45, 2.75) is 0 Å². The molecule has 2 heterocycles. The molecule has 0 bridgehead atoms. The Hall–Kier alpha value is -3.04. The molecule has 10 nitrogen and oxygen atoms in total. The van der Waals surface area contributed by atoms with Gasteiger partial charge in [-0.2, -0.15) is 5.10 Å². The van der Waals surface area contributed by atoms with Gasteiger partial charge in [0.1, 0.15) is 11.0 Å². The molecule has 0 fully saturated rings. The van der Waals surface area contributed by atoms with Crippen LogP contribution in [0.25, 0.3) is 22.1 Å². The van der Waals surface area contributed by atoms with E-state index in [1.54, 1.807) is 0 Å². The van der Waals surface area contributed by atoms with Gasteiger partial charge in [0.05, 0.1) is 10.4 Å². The van der Waals surface area contributed by atoms with E-state index in [-0.39, 0.29) is 27.8 Å². The number of aromatic amines is 2. The molecule has 3 rings (SSSR count). The zero-order chi connectivity index (χ0) is 13.7. The van der Waals surface area contributed by atoms with Crippen molar-refractivity contribution in [3.05, 3.63) is 36.9 Å². The fourth-order valence-electron chi connectivity index (χ4n) is 1.92. The highest BCUT2D eigenvalue weighted by atomic mass is 16.6. The number of rotatable bonds is 1. The first-order valence-electron chi connectivity index (χ1n) is 5.11. The second-order valence-electron chi connectivity index (χ2n) is 3.89. The Morgan fingerprint density at radius 3 is 2.79 bits per heavy atom. The highest BCUT2D eigenvalue weighted by molar-refractivity contribution is 6.04. The Kier molecular flexibility index (Phi) is 2.03. The molecule has 19 heavy (non-hydrogen) atoms. The lowest BCUT2D eigenvalue weighted by Crippen LogP contribution is -2.29. The molecular formula is C9H6N6O4. The minimum atomic E-state index is -0.965. The van der Waals surface area contributed by atoms with Gasteiger partial charge < -0.3 is 4.98 Å². The van der Waals surface area contributed by atoms with Crippen LogP contribution in [0.15, 0.2) is 15.7 Å². The normalized spacial score (nSPS) is 11.2. The van der Waals surface area contributed by atoms with Crippen molar-refractivity contribution in [1.82, 2.24) is 25.0 Å². The van der Waals surface area contributed by atoms with E-state index < -0.39 is 16.0 Å². The fraction of sp³-hybridized carbons (Fsp3) is 0.111. The number of nitrogens with one attached hydrogen (secondary N) is 2. The topological polar surface area (TPSA) is 140 Å². The number of non-ortho nitro benzene ring substituents is 1. The van der Waals surface area contributed by atoms with Gasteiger partial charge in [0.15, 0.2) is 5.52 Å². The molecule has 1 aromatic carbocycles. The van der Waals surface area contributed by atoms with Gasteiger partial charge in [0, 0.05) is 13.1 Å². The highest BCUT2D eigenvalue weighted by Crippen LogP contribution is 2.28. The Labute approximate surface area is 102 Å². The summed E-state index contributed by atoms with van der Waals surface area (Å²) in [5, 5.41) is 17.4. The predicted octanol–water partition coefficient (Wildman–Crippen LogP) is -0.594. The van der Waals surface area contributed by atoms with Crippen LogP contribution in [-0.4, -0.2) is 29.9 Å². The van der Waals surface area contributed by atoms with Crippen LogP contribution in [0.2, 0.25) is 0 Å². The number of hydrogen-bond donors (Lipinski definition) is 2. The summed E-state index contributed by atoms with van der Waals surface area (Å²) in [7, 11) is 1.54. The van der Waals surface area contributed by atoms with Gasteiger partial charge in [-0.05, 0) is 0 Å². The molecule has 2 N–H and O–H groups in total. The number of nitrogens with zero attached hydrogens (tertiary/aromatic N) is 4. The molecule has 0 amide bonds. The van der Waals surface area contributed by atoms with Crippen molar-refractivity contribution < 1.29 is 4.92 Å². The Bertz CT molecular complexity index is 949. The summed E-state index contributed by atoms with van der Waals surface area (Å²) in [6, 6.07) is 1.15. The second kappa shape index (κ2) is 3.48. The Morgan fingerprint density at radius 2 is 2.11 bits per heavy atom. The first-order chi connectivity index (χ1) is 8.99. The SMILES string of the molecule is Cn1[nH]nc2c3nc(=O)c(=O)[nH]c3cc([N+](=O)[O-])c21. The molecule has 0 atom stereocenters. The van der Waals surface area contributed by atoms with E-state index in [0.29, 0.717) is 0 Å². The van der Waals surface area contributed by atoms with Gasteiger partial charge in [0.2, 0.25) is 0 Å². The summed E-state index contributed by atoms with van der Waals surface area (Å²) < 4.78 is 1.34. The number of aromatic nitrogens is 5. The smallest absolute Gasteiger partial charge is 0.315 e. The number of H-pyrrole nitrogens is 2. The third kappa shape index (κ3) is 1.43. The Balaban J connectivity index is 2.66. The predicted molar refractivity (Wildman–Crippen MR) is 63.9 cm³/mol. The van der Waals surface area contributed by atoms with E-state index in [1.165, 1.54) is 11.7 Å². The number of aryl methyl sites for hydroxylation is 1. The van der Waals surface area contributed by atoms with E-state index in [9.17, 15) is 19.7 Å². The number of benzene rings is 1. The zero-order valence-corrected chi connectivity index (χ0v) is 9.50. The van der Waals surface area contributed by atoms with Crippen molar-refractivity contribution in [1.29, 1.82) is 0 Å². The number of fused-ring (bicyclic) bond motifs is 3. The van der Waals surface area contributed by atoms with Gasteiger partial charge >= 0.3 is 11.1 Å². The van der Waals surface area contributed by atoms with Crippen LogP contribution in [0.3, 0.4) is 0 Å². The van der Waals surface area contributed by atoms with Crippen molar-refractivity contribution in [3.63, 3.8) is 0 Å². The number of nitro benzene ring substituents is 1. The summed E-state index contributed by atoms with van der Waals surface area (Å²) in [5.41, 5.74) is -1.58. The molecule has 0 saturated carbocycles. The number of nitro groups is 1. The molecule has 10 heteroatoms. The van der Waals surface area contributed by atoms with Crippen LogP contribution < -0.4 is 11.1 Å². The van der Waals surface area contributed by atoms with E-state index >= 15 is 0 Å². The maximum absolute atomic E-state index is 11.3. The highest BCUT2D eigenvalue weighted by Gasteiger charge is 2.21. The van der Waals surface area contributed by atoms with Gasteiger partial charge in [-0.1, -0.05) is 0 Å². The second-order valence-corrected chi connectivity index (χ2v) is 3.89. The molecule has 0 aliphatic heterocycles. The maximum Gasteiger partial charge on any atom is 0.336 e. The van der Waals surface area contributed by atoms with Gasteiger partial charge in [0.25, 0.3) is 5.69 Å². The van der Waals surface area contributed by atoms with Crippen LogP contribution >= 0.6 is 0 Å². The monoisotopic (exact) mass is 262 g/mol. The summed E-state index contributed by atoms with van der Waals surface area (Å²) in [6.07, 6.45) is 0. The van der Waals surface area contributed by atoms with Crippen LogP contribution in [0.4, 0.5) is 5.69 Å². The zero-order valence-electron chi connectivity index (χ0n) is 9.50. The van der Waals surface area contributed by atoms with Crippen LogP contribution in [0.5, 0.6) is 0 Å². The van der Waals surface area contributed by atoms with E-state index in [1.807, 2.05) is 0 Å². The Morgan fingerprint density at radius 1 is 1.37 bits per heavy atom.